The molecule has 0 fully saturated rings. The van der Waals surface area contributed by atoms with Crippen molar-refractivity contribution < 1.29 is 4.79 Å². The van der Waals surface area contributed by atoms with Crippen LogP contribution in [0.15, 0.2) is 36.4 Å². The summed E-state index contributed by atoms with van der Waals surface area (Å²) in [5, 5.41) is 0.501. The summed E-state index contributed by atoms with van der Waals surface area (Å²) >= 11 is 5.96. The fourth-order valence-corrected chi connectivity index (χ4v) is 2.48. The Balaban J connectivity index is 2.60. The molecule has 0 amide bonds. The number of benzene rings is 2. The summed E-state index contributed by atoms with van der Waals surface area (Å²) in [6.07, 6.45) is 0. The molecule has 0 saturated carbocycles. The van der Waals surface area contributed by atoms with Gasteiger partial charge in [-0.05, 0) is 36.8 Å². The summed E-state index contributed by atoms with van der Waals surface area (Å²) in [5.41, 5.74) is 9.34. The van der Waals surface area contributed by atoms with Crippen molar-refractivity contribution in [3.05, 3.63) is 58.1 Å². The normalized spacial score (nSPS) is 10.4. The average Bonchev–Trinajstić information content (AvgIpc) is 2.40. The van der Waals surface area contributed by atoms with E-state index < -0.39 is 0 Å². The van der Waals surface area contributed by atoms with Crippen LogP contribution < -0.4 is 10.6 Å². The van der Waals surface area contributed by atoms with Crippen molar-refractivity contribution in [1.82, 2.24) is 0 Å². The van der Waals surface area contributed by atoms with Gasteiger partial charge in [0, 0.05) is 35.9 Å². The number of rotatable bonds is 3. The van der Waals surface area contributed by atoms with E-state index in [4.69, 9.17) is 17.3 Å². The molecule has 2 rings (SSSR count). The van der Waals surface area contributed by atoms with Crippen LogP contribution in [0.5, 0.6) is 0 Å². The highest BCUT2D eigenvalue weighted by Gasteiger charge is 2.18. The van der Waals surface area contributed by atoms with Gasteiger partial charge in [0.05, 0.1) is 5.69 Å². The van der Waals surface area contributed by atoms with Crippen LogP contribution in [0.1, 0.15) is 21.5 Å². The predicted molar refractivity (Wildman–Crippen MR) is 84.8 cm³/mol. The van der Waals surface area contributed by atoms with E-state index in [9.17, 15) is 4.79 Å². The van der Waals surface area contributed by atoms with Crippen LogP contribution >= 0.6 is 11.6 Å². The Morgan fingerprint density at radius 1 is 1.15 bits per heavy atom. The largest absolute Gasteiger partial charge is 0.398 e. The number of carbonyl (C=O) groups excluding carboxylic acids is 1. The molecule has 0 aliphatic rings. The molecular formula is C16H17ClN2O. The van der Waals surface area contributed by atoms with Crippen molar-refractivity contribution in [2.45, 2.75) is 6.92 Å². The molecule has 0 aromatic heterocycles. The predicted octanol–water partition coefficient (Wildman–Crippen LogP) is 3.53. The first-order valence-electron chi connectivity index (χ1n) is 6.28. The molecule has 0 spiro atoms. The van der Waals surface area contributed by atoms with Gasteiger partial charge in [0.15, 0.2) is 5.78 Å². The lowest BCUT2D eigenvalue weighted by Crippen LogP contribution is -2.16. The number of para-hydroxylation sites is 1. The number of aryl methyl sites for hydroxylation is 1. The Hall–Kier alpha value is -2.00. The maximum absolute atomic E-state index is 12.7. The number of hydrogen-bond donors (Lipinski definition) is 1. The van der Waals surface area contributed by atoms with E-state index in [-0.39, 0.29) is 5.78 Å². The third-order valence-corrected chi connectivity index (χ3v) is 3.42. The molecule has 0 radical (unpaired) electrons. The SMILES string of the molecule is Cc1cccc(C(=O)c2cc(Cl)ccc2N)c1N(C)C. The molecule has 0 aliphatic heterocycles. The van der Waals surface area contributed by atoms with Gasteiger partial charge in [-0.1, -0.05) is 23.7 Å². The highest BCUT2D eigenvalue weighted by Crippen LogP contribution is 2.28. The number of ketones is 1. The monoisotopic (exact) mass is 288 g/mol. The Kier molecular flexibility index (Phi) is 4.00. The van der Waals surface area contributed by atoms with Gasteiger partial charge < -0.3 is 10.6 Å². The highest BCUT2D eigenvalue weighted by molar-refractivity contribution is 6.31. The summed E-state index contributed by atoms with van der Waals surface area (Å²) in [4.78, 5) is 14.7. The lowest BCUT2D eigenvalue weighted by atomic mass is 9.97. The number of anilines is 2. The molecule has 0 unspecified atom stereocenters. The highest BCUT2D eigenvalue weighted by atomic mass is 35.5. The fraction of sp³-hybridized carbons (Fsp3) is 0.188. The molecule has 2 N–H and O–H groups in total. The van der Waals surface area contributed by atoms with Gasteiger partial charge in [0.2, 0.25) is 0 Å². The zero-order valence-corrected chi connectivity index (χ0v) is 12.5. The standard InChI is InChI=1S/C16H17ClN2O/c1-10-5-4-6-12(15(10)19(2)3)16(20)13-9-11(17)7-8-14(13)18/h4-9H,18H2,1-3H3. The van der Waals surface area contributed by atoms with E-state index in [2.05, 4.69) is 0 Å². The molecule has 0 saturated heterocycles. The first kappa shape index (κ1) is 14.4. The van der Waals surface area contributed by atoms with E-state index in [0.717, 1.165) is 11.3 Å². The number of hydrogen-bond acceptors (Lipinski definition) is 3. The summed E-state index contributed by atoms with van der Waals surface area (Å²) in [6, 6.07) is 10.6. The zero-order valence-electron chi connectivity index (χ0n) is 11.8. The Morgan fingerprint density at radius 3 is 2.50 bits per heavy atom. The van der Waals surface area contributed by atoms with Crippen LogP contribution in [0, 0.1) is 6.92 Å². The van der Waals surface area contributed by atoms with E-state index >= 15 is 0 Å². The molecule has 0 atom stereocenters. The van der Waals surface area contributed by atoms with Crippen molar-refractivity contribution in [2.75, 3.05) is 24.7 Å². The van der Waals surface area contributed by atoms with Gasteiger partial charge in [-0.3, -0.25) is 4.79 Å². The number of nitrogens with two attached hydrogens (primary N) is 1. The molecule has 4 heteroatoms. The van der Waals surface area contributed by atoms with Gasteiger partial charge in [-0.25, -0.2) is 0 Å². The Morgan fingerprint density at radius 2 is 1.85 bits per heavy atom. The molecular weight excluding hydrogens is 272 g/mol. The Labute approximate surface area is 124 Å². The molecule has 0 aliphatic carbocycles. The number of nitrogens with zero attached hydrogens (tertiary/aromatic N) is 1. The first-order chi connectivity index (χ1) is 9.41. The quantitative estimate of drug-likeness (QED) is 0.694. The molecule has 104 valence electrons. The minimum Gasteiger partial charge on any atom is -0.398 e. The molecule has 0 bridgehead atoms. The van der Waals surface area contributed by atoms with E-state index in [0.29, 0.717) is 21.8 Å². The molecule has 2 aromatic rings. The van der Waals surface area contributed by atoms with Crippen LogP contribution in [0.25, 0.3) is 0 Å². The molecule has 0 heterocycles. The van der Waals surface area contributed by atoms with Crippen LogP contribution in [0.4, 0.5) is 11.4 Å². The zero-order chi connectivity index (χ0) is 14.9. The van der Waals surface area contributed by atoms with Crippen molar-refractivity contribution in [3.63, 3.8) is 0 Å². The van der Waals surface area contributed by atoms with Crippen molar-refractivity contribution in [1.29, 1.82) is 0 Å². The fourth-order valence-electron chi connectivity index (χ4n) is 2.31. The van der Waals surface area contributed by atoms with Gasteiger partial charge >= 0.3 is 0 Å². The smallest absolute Gasteiger partial charge is 0.197 e. The summed E-state index contributed by atoms with van der Waals surface area (Å²) < 4.78 is 0. The molecule has 2 aromatic carbocycles. The maximum atomic E-state index is 12.7. The van der Waals surface area contributed by atoms with Crippen molar-refractivity contribution in [3.8, 4) is 0 Å². The third-order valence-electron chi connectivity index (χ3n) is 3.19. The molecule has 20 heavy (non-hydrogen) atoms. The summed E-state index contributed by atoms with van der Waals surface area (Å²) in [7, 11) is 3.83. The minimum absolute atomic E-state index is 0.114. The second-order valence-electron chi connectivity index (χ2n) is 4.93. The van der Waals surface area contributed by atoms with E-state index in [1.54, 1.807) is 18.2 Å². The lowest BCUT2D eigenvalue weighted by Gasteiger charge is -2.20. The lowest BCUT2D eigenvalue weighted by molar-refractivity contribution is 0.104. The van der Waals surface area contributed by atoms with Crippen LogP contribution in [-0.2, 0) is 0 Å². The number of halogens is 1. The van der Waals surface area contributed by atoms with E-state index in [1.165, 1.54) is 0 Å². The van der Waals surface area contributed by atoms with Gasteiger partial charge in [0.1, 0.15) is 0 Å². The first-order valence-corrected chi connectivity index (χ1v) is 6.66. The number of carbonyl (C=O) groups is 1. The maximum Gasteiger partial charge on any atom is 0.197 e. The second-order valence-corrected chi connectivity index (χ2v) is 5.36. The number of nitrogen functional groups attached to an aromatic ring is 1. The van der Waals surface area contributed by atoms with Crippen LogP contribution in [0.3, 0.4) is 0 Å². The van der Waals surface area contributed by atoms with E-state index in [1.807, 2.05) is 44.1 Å². The van der Waals surface area contributed by atoms with Crippen LogP contribution in [0.2, 0.25) is 5.02 Å². The van der Waals surface area contributed by atoms with Gasteiger partial charge in [-0.15, -0.1) is 0 Å². The van der Waals surface area contributed by atoms with Crippen molar-refractivity contribution in [2.24, 2.45) is 0 Å². The van der Waals surface area contributed by atoms with Gasteiger partial charge in [0.25, 0.3) is 0 Å². The topological polar surface area (TPSA) is 46.3 Å². The Bertz CT molecular complexity index is 666. The van der Waals surface area contributed by atoms with Crippen molar-refractivity contribution >= 4 is 28.8 Å². The second kappa shape index (κ2) is 5.55. The average molecular weight is 289 g/mol. The van der Waals surface area contributed by atoms with Crippen LogP contribution in [-0.4, -0.2) is 19.9 Å². The summed E-state index contributed by atoms with van der Waals surface area (Å²) in [5.74, 6) is -0.114. The third kappa shape index (κ3) is 2.63. The molecule has 3 nitrogen and oxygen atoms in total. The minimum atomic E-state index is -0.114. The van der Waals surface area contributed by atoms with Gasteiger partial charge in [-0.2, -0.15) is 0 Å². The summed E-state index contributed by atoms with van der Waals surface area (Å²) in [6.45, 7) is 1.98.